The summed E-state index contributed by atoms with van der Waals surface area (Å²) in [6.45, 7) is 6.16. The zero-order valence-electron chi connectivity index (χ0n) is 30.0. The number of anilines is 2. The molecule has 0 bridgehead atoms. The van der Waals surface area contributed by atoms with Gasteiger partial charge >= 0.3 is 0 Å². The van der Waals surface area contributed by atoms with Gasteiger partial charge in [0.15, 0.2) is 11.5 Å². The van der Waals surface area contributed by atoms with Crippen molar-refractivity contribution >= 4 is 40.9 Å². The quantitative estimate of drug-likeness (QED) is 0.121. The Morgan fingerprint density at radius 1 is 0.704 bits per heavy atom. The summed E-state index contributed by atoms with van der Waals surface area (Å²) >= 11 is 0. The maximum absolute atomic E-state index is 13.6. The molecule has 5 N–H and O–H groups in total. The van der Waals surface area contributed by atoms with Crippen molar-refractivity contribution in [2.24, 2.45) is 0 Å². The highest BCUT2D eigenvalue weighted by molar-refractivity contribution is 6.02. The number of carbonyl (C=O) groups is 5. The summed E-state index contributed by atoms with van der Waals surface area (Å²) in [7, 11) is 0. The zero-order valence-corrected chi connectivity index (χ0v) is 30.0. The topological polar surface area (TPSA) is 182 Å². The largest absolute Gasteiger partial charge is 0.459 e. The molecule has 2 aliphatic heterocycles. The molecule has 2 unspecified atom stereocenters. The van der Waals surface area contributed by atoms with Crippen LogP contribution in [0.4, 0.5) is 11.4 Å². The van der Waals surface area contributed by atoms with Crippen molar-refractivity contribution in [3.8, 4) is 0 Å². The molecular formula is C39H46N8O7. The van der Waals surface area contributed by atoms with Gasteiger partial charge in [-0.25, -0.2) is 0 Å². The SMILES string of the molecule is O=C(NC(CCN1CCN(c2cccc(NC(=O)C(CC(=O)N3CCNCC3)NC(=O)c3ccco3)c2)CC1)C(=O)NCc1ccccc1)c1ccco1. The van der Waals surface area contributed by atoms with Crippen LogP contribution in [0.2, 0.25) is 0 Å². The van der Waals surface area contributed by atoms with Crippen LogP contribution < -0.4 is 31.5 Å². The maximum atomic E-state index is 13.6. The summed E-state index contributed by atoms with van der Waals surface area (Å²) in [6, 6.07) is 21.4. The molecular weight excluding hydrogens is 692 g/mol. The Bertz CT molecular complexity index is 1840. The number of nitrogens with zero attached hydrogens (tertiary/aromatic N) is 3. The van der Waals surface area contributed by atoms with Crippen LogP contribution in [0.25, 0.3) is 0 Å². The van der Waals surface area contributed by atoms with Gasteiger partial charge in [-0.05, 0) is 54.4 Å². The van der Waals surface area contributed by atoms with Crippen molar-refractivity contribution < 1.29 is 32.8 Å². The molecule has 0 aliphatic carbocycles. The lowest BCUT2D eigenvalue weighted by Gasteiger charge is -2.36. The molecule has 4 aromatic rings. The monoisotopic (exact) mass is 738 g/mol. The molecule has 2 aromatic carbocycles. The van der Waals surface area contributed by atoms with Crippen LogP contribution in [0.3, 0.4) is 0 Å². The van der Waals surface area contributed by atoms with E-state index in [2.05, 4.69) is 36.4 Å². The number of rotatable bonds is 15. The molecule has 4 heterocycles. The minimum absolute atomic E-state index is 0.0454. The van der Waals surface area contributed by atoms with E-state index >= 15 is 0 Å². The number of furan rings is 2. The molecule has 2 aromatic heterocycles. The van der Waals surface area contributed by atoms with Crippen LogP contribution >= 0.6 is 0 Å². The predicted molar refractivity (Wildman–Crippen MR) is 201 cm³/mol. The molecule has 0 saturated carbocycles. The van der Waals surface area contributed by atoms with Gasteiger partial charge in [-0.2, -0.15) is 0 Å². The summed E-state index contributed by atoms with van der Waals surface area (Å²) in [5, 5.41) is 14.6. The van der Waals surface area contributed by atoms with E-state index in [0.717, 1.165) is 24.3 Å². The molecule has 284 valence electrons. The molecule has 2 saturated heterocycles. The van der Waals surface area contributed by atoms with Crippen LogP contribution in [0, 0.1) is 0 Å². The minimum Gasteiger partial charge on any atom is -0.459 e. The van der Waals surface area contributed by atoms with Gasteiger partial charge in [0, 0.05) is 76.8 Å². The van der Waals surface area contributed by atoms with Crippen LogP contribution in [-0.2, 0) is 20.9 Å². The first-order chi connectivity index (χ1) is 26.3. The van der Waals surface area contributed by atoms with Gasteiger partial charge in [0.1, 0.15) is 12.1 Å². The number of carbonyl (C=O) groups excluding carboxylic acids is 5. The molecule has 2 aliphatic rings. The third-order valence-electron chi connectivity index (χ3n) is 9.48. The third-order valence-corrected chi connectivity index (χ3v) is 9.48. The van der Waals surface area contributed by atoms with E-state index in [9.17, 15) is 24.0 Å². The van der Waals surface area contributed by atoms with Crippen molar-refractivity contribution in [3.63, 3.8) is 0 Å². The fourth-order valence-corrected chi connectivity index (χ4v) is 6.43. The smallest absolute Gasteiger partial charge is 0.287 e. The molecule has 5 amide bonds. The van der Waals surface area contributed by atoms with Crippen molar-refractivity contribution in [1.29, 1.82) is 0 Å². The maximum Gasteiger partial charge on any atom is 0.287 e. The molecule has 15 nitrogen and oxygen atoms in total. The van der Waals surface area contributed by atoms with E-state index in [-0.39, 0.29) is 29.8 Å². The van der Waals surface area contributed by atoms with Crippen molar-refractivity contribution in [3.05, 3.63) is 108 Å². The highest BCUT2D eigenvalue weighted by Gasteiger charge is 2.29. The first-order valence-corrected chi connectivity index (χ1v) is 18.2. The average molecular weight is 739 g/mol. The zero-order chi connectivity index (χ0) is 37.7. The van der Waals surface area contributed by atoms with Crippen LogP contribution in [-0.4, -0.2) is 110 Å². The Kier molecular flexibility index (Phi) is 13.1. The van der Waals surface area contributed by atoms with Crippen molar-refractivity contribution in [2.75, 3.05) is 69.1 Å². The summed E-state index contributed by atoms with van der Waals surface area (Å²) in [5.41, 5.74) is 2.40. The first-order valence-electron chi connectivity index (χ1n) is 18.2. The summed E-state index contributed by atoms with van der Waals surface area (Å²) < 4.78 is 10.4. The Balaban J connectivity index is 1.03. The fourth-order valence-electron chi connectivity index (χ4n) is 6.43. The summed E-state index contributed by atoms with van der Waals surface area (Å²) in [6.07, 6.45) is 3.00. The van der Waals surface area contributed by atoms with E-state index in [1.807, 2.05) is 48.5 Å². The number of hydrogen-bond donors (Lipinski definition) is 5. The summed E-state index contributed by atoms with van der Waals surface area (Å²) in [5.74, 6) is -1.85. The molecule has 54 heavy (non-hydrogen) atoms. The number of piperazine rings is 2. The van der Waals surface area contributed by atoms with Gasteiger partial charge in [-0.3, -0.25) is 28.9 Å². The molecule has 0 spiro atoms. The van der Waals surface area contributed by atoms with Gasteiger partial charge in [-0.15, -0.1) is 0 Å². The Hall–Kier alpha value is -5.93. The lowest BCUT2D eigenvalue weighted by atomic mass is 10.1. The molecule has 15 heteroatoms. The van der Waals surface area contributed by atoms with Gasteiger partial charge < -0.3 is 45.2 Å². The second kappa shape index (κ2) is 18.7. The number of hydrogen-bond acceptors (Lipinski definition) is 10. The van der Waals surface area contributed by atoms with Crippen LogP contribution in [0.5, 0.6) is 0 Å². The standard InChI is InChI=1S/C39H46N8O7/c48-35(47-17-14-40-15-18-47)26-32(44-39(52)34-12-6-24-54-34)37(50)42-29-9-4-10-30(25-29)46-21-19-45(20-22-46)16-13-31(43-38(51)33-11-5-23-53-33)36(49)41-27-28-7-2-1-3-8-28/h1-12,23-25,31-32,40H,13-22,26-27H2,(H,41,49)(H,42,50)(H,43,51)(H,44,52). The number of nitrogens with one attached hydrogen (secondary N) is 5. The van der Waals surface area contributed by atoms with Crippen LogP contribution in [0.1, 0.15) is 39.5 Å². The molecule has 6 rings (SSSR count). The number of benzene rings is 2. The van der Waals surface area contributed by atoms with Gasteiger partial charge in [0.2, 0.25) is 17.7 Å². The van der Waals surface area contributed by atoms with Crippen molar-refractivity contribution in [1.82, 2.24) is 31.1 Å². The Morgan fingerprint density at radius 2 is 1.37 bits per heavy atom. The molecule has 2 fully saturated rings. The van der Waals surface area contributed by atoms with Gasteiger partial charge in [0.05, 0.1) is 18.9 Å². The summed E-state index contributed by atoms with van der Waals surface area (Å²) in [4.78, 5) is 71.7. The van der Waals surface area contributed by atoms with E-state index in [4.69, 9.17) is 8.83 Å². The van der Waals surface area contributed by atoms with Crippen LogP contribution in [0.15, 0.2) is 100 Å². The second-order valence-corrected chi connectivity index (χ2v) is 13.2. The van der Waals surface area contributed by atoms with E-state index in [0.29, 0.717) is 64.5 Å². The average Bonchev–Trinajstić information content (AvgIpc) is 3.96. The first kappa shape index (κ1) is 37.8. The lowest BCUT2D eigenvalue weighted by Crippen LogP contribution is -2.51. The Morgan fingerprint density at radius 3 is 2.02 bits per heavy atom. The number of amides is 5. The second-order valence-electron chi connectivity index (χ2n) is 13.2. The molecule has 0 radical (unpaired) electrons. The van der Waals surface area contributed by atoms with Gasteiger partial charge in [-0.1, -0.05) is 36.4 Å². The lowest BCUT2D eigenvalue weighted by molar-refractivity contribution is -0.134. The highest BCUT2D eigenvalue weighted by Crippen LogP contribution is 2.22. The molecule has 2 atom stereocenters. The fraction of sp³-hybridized carbons (Fsp3) is 0.359. The predicted octanol–water partition coefficient (Wildman–Crippen LogP) is 2.06. The van der Waals surface area contributed by atoms with Gasteiger partial charge in [0.25, 0.3) is 11.8 Å². The minimum atomic E-state index is -1.12. The van der Waals surface area contributed by atoms with E-state index in [1.165, 1.54) is 18.6 Å². The van der Waals surface area contributed by atoms with E-state index in [1.54, 1.807) is 29.2 Å². The highest BCUT2D eigenvalue weighted by atomic mass is 16.3. The van der Waals surface area contributed by atoms with E-state index < -0.39 is 29.8 Å². The third kappa shape index (κ3) is 10.6. The van der Waals surface area contributed by atoms with Crippen molar-refractivity contribution in [2.45, 2.75) is 31.5 Å². The Labute approximate surface area is 313 Å². The normalized spacial score (nSPS) is 15.9.